The van der Waals surface area contributed by atoms with Gasteiger partial charge in [-0.25, -0.2) is 4.79 Å². The van der Waals surface area contributed by atoms with Crippen molar-refractivity contribution in [3.8, 4) is 5.75 Å². The van der Waals surface area contributed by atoms with Gasteiger partial charge in [0.05, 0.1) is 16.3 Å². The van der Waals surface area contributed by atoms with Crippen molar-refractivity contribution in [1.82, 2.24) is 0 Å². The Morgan fingerprint density at radius 1 is 1.30 bits per heavy atom. The van der Waals surface area contributed by atoms with Crippen molar-refractivity contribution in [3.63, 3.8) is 0 Å². The summed E-state index contributed by atoms with van der Waals surface area (Å²) in [6.07, 6.45) is 4.83. The van der Waals surface area contributed by atoms with Crippen LogP contribution >= 0.6 is 31.9 Å². The van der Waals surface area contributed by atoms with Gasteiger partial charge in [-0.15, -0.1) is 0 Å². The Hall–Kier alpha value is -1.66. The molecule has 1 heterocycles. The molecule has 0 radical (unpaired) electrons. The van der Waals surface area contributed by atoms with E-state index in [4.69, 9.17) is 9.15 Å². The summed E-state index contributed by atoms with van der Waals surface area (Å²) >= 11 is 6.50. The molecule has 2 rings (SSSR count). The zero-order valence-corrected chi connectivity index (χ0v) is 13.2. The molecular weight excluding hydrogens is 392 g/mol. The van der Waals surface area contributed by atoms with Gasteiger partial charge in [0, 0.05) is 10.5 Å². The van der Waals surface area contributed by atoms with Crippen molar-refractivity contribution >= 4 is 50.2 Å². The summed E-state index contributed by atoms with van der Waals surface area (Å²) in [5.74, 6) is 0.109. The lowest BCUT2D eigenvalue weighted by Gasteiger charge is -2.07. The molecule has 0 aliphatic heterocycles. The Morgan fingerprint density at radius 3 is 2.75 bits per heavy atom. The molecule has 1 aromatic carbocycles. The lowest BCUT2D eigenvalue weighted by atomic mass is 10.2. The van der Waals surface area contributed by atoms with Crippen LogP contribution in [-0.2, 0) is 4.79 Å². The molecule has 0 bridgehead atoms. The fraction of sp³-hybridized carbons (Fsp3) is 0. The second-order valence-electron chi connectivity index (χ2n) is 3.69. The van der Waals surface area contributed by atoms with Gasteiger partial charge < -0.3 is 9.15 Å². The Kier molecular flexibility index (Phi) is 4.92. The second kappa shape index (κ2) is 6.67. The first-order valence-electron chi connectivity index (χ1n) is 5.48. The quantitative estimate of drug-likeness (QED) is 0.334. The summed E-state index contributed by atoms with van der Waals surface area (Å²) in [7, 11) is 0. The highest BCUT2D eigenvalue weighted by Crippen LogP contribution is 2.32. The number of carbonyl (C=O) groups is 2. The van der Waals surface area contributed by atoms with Gasteiger partial charge in [-0.2, -0.15) is 0 Å². The number of carbonyl (C=O) groups excluding carboxylic acids is 2. The highest BCUT2D eigenvalue weighted by molar-refractivity contribution is 9.11. The van der Waals surface area contributed by atoms with Crippen molar-refractivity contribution < 1.29 is 18.7 Å². The molecular formula is C14H8Br2O4. The average molecular weight is 400 g/mol. The van der Waals surface area contributed by atoms with E-state index in [-0.39, 0.29) is 11.3 Å². The van der Waals surface area contributed by atoms with Crippen LogP contribution in [0.1, 0.15) is 16.1 Å². The predicted octanol–water partition coefficient (Wildman–Crippen LogP) is 4.24. The number of esters is 1. The standard InChI is InChI=1S/C14H8Br2O4/c15-10-6-9(8-17)14(12(16)7-10)20-13(18)4-3-11-2-1-5-19-11/h1-8H/b4-3+. The van der Waals surface area contributed by atoms with Crippen LogP contribution in [0.5, 0.6) is 5.75 Å². The van der Waals surface area contributed by atoms with Crippen LogP contribution in [0.4, 0.5) is 0 Å². The zero-order valence-electron chi connectivity index (χ0n) is 10.0. The number of ether oxygens (including phenoxy) is 1. The minimum Gasteiger partial charge on any atom is -0.465 e. The van der Waals surface area contributed by atoms with Crippen LogP contribution in [0.2, 0.25) is 0 Å². The molecule has 0 saturated heterocycles. The molecule has 0 N–H and O–H groups in total. The van der Waals surface area contributed by atoms with Crippen molar-refractivity contribution in [2.75, 3.05) is 0 Å². The van der Waals surface area contributed by atoms with Crippen molar-refractivity contribution in [1.29, 1.82) is 0 Å². The smallest absolute Gasteiger partial charge is 0.336 e. The molecule has 0 atom stereocenters. The van der Waals surface area contributed by atoms with E-state index in [0.29, 0.717) is 21.0 Å². The molecule has 4 nitrogen and oxygen atoms in total. The summed E-state index contributed by atoms with van der Waals surface area (Å²) in [6, 6.07) is 6.67. The first-order chi connectivity index (χ1) is 9.60. The van der Waals surface area contributed by atoms with E-state index in [9.17, 15) is 9.59 Å². The maximum absolute atomic E-state index is 11.7. The SMILES string of the molecule is O=Cc1cc(Br)cc(Br)c1OC(=O)/C=C/c1ccco1. The average Bonchev–Trinajstić information content (AvgIpc) is 2.92. The molecule has 0 aliphatic carbocycles. The molecule has 0 unspecified atom stereocenters. The molecule has 102 valence electrons. The van der Waals surface area contributed by atoms with Crippen LogP contribution in [0, 0.1) is 0 Å². The fourth-order valence-corrected chi connectivity index (χ4v) is 2.79. The van der Waals surface area contributed by atoms with Gasteiger partial charge >= 0.3 is 5.97 Å². The van der Waals surface area contributed by atoms with E-state index in [0.717, 1.165) is 0 Å². The number of furan rings is 1. The molecule has 0 saturated carbocycles. The maximum Gasteiger partial charge on any atom is 0.336 e. The number of aldehydes is 1. The summed E-state index contributed by atoms with van der Waals surface area (Å²) in [5.41, 5.74) is 0.269. The van der Waals surface area contributed by atoms with E-state index in [1.165, 1.54) is 18.4 Å². The monoisotopic (exact) mass is 398 g/mol. The predicted molar refractivity (Wildman–Crippen MR) is 80.6 cm³/mol. The Morgan fingerprint density at radius 2 is 2.10 bits per heavy atom. The molecule has 20 heavy (non-hydrogen) atoms. The molecule has 0 amide bonds. The lowest BCUT2D eigenvalue weighted by molar-refractivity contribution is -0.128. The summed E-state index contributed by atoms with van der Waals surface area (Å²) in [4.78, 5) is 22.7. The number of hydrogen-bond acceptors (Lipinski definition) is 4. The topological polar surface area (TPSA) is 56.5 Å². The van der Waals surface area contributed by atoms with Gasteiger partial charge in [0.25, 0.3) is 0 Å². The lowest BCUT2D eigenvalue weighted by Crippen LogP contribution is -2.06. The van der Waals surface area contributed by atoms with E-state index in [1.807, 2.05) is 0 Å². The largest absolute Gasteiger partial charge is 0.465 e. The molecule has 0 spiro atoms. The maximum atomic E-state index is 11.7. The van der Waals surface area contributed by atoms with Gasteiger partial charge in [0.15, 0.2) is 12.0 Å². The summed E-state index contributed by atoms with van der Waals surface area (Å²) in [6.45, 7) is 0. The molecule has 0 aliphatic rings. The third-order valence-corrected chi connectivity index (χ3v) is 3.34. The van der Waals surface area contributed by atoms with Gasteiger partial charge in [0.1, 0.15) is 5.76 Å². The minimum atomic E-state index is -0.604. The van der Waals surface area contributed by atoms with Gasteiger partial charge in [-0.3, -0.25) is 4.79 Å². The number of rotatable bonds is 4. The van der Waals surface area contributed by atoms with Crippen molar-refractivity contribution in [2.24, 2.45) is 0 Å². The van der Waals surface area contributed by atoms with E-state index < -0.39 is 5.97 Å². The van der Waals surface area contributed by atoms with E-state index in [1.54, 1.807) is 24.3 Å². The summed E-state index contributed by atoms with van der Waals surface area (Å²) < 4.78 is 11.4. The first-order valence-corrected chi connectivity index (χ1v) is 7.06. The first kappa shape index (κ1) is 14.7. The second-order valence-corrected chi connectivity index (χ2v) is 5.46. The Bertz CT molecular complexity index is 660. The molecule has 6 heteroatoms. The van der Waals surface area contributed by atoms with Crippen LogP contribution in [0.25, 0.3) is 6.08 Å². The van der Waals surface area contributed by atoms with Crippen LogP contribution < -0.4 is 4.74 Å². The highest BCUT2D eigenvalue weighted by Gasteiger charge is 2.12. The van der Waals surface area contributed by atoms with Gasteiger partial charge in [0.2, 0.25) is 0 Å². The number of hydrogen-bond donors (Lipinski definition) is 0. The normalized spacial score (nSPS) is 10.7. The van der Waals surface area contributed by atoms with Crippen molar-refractivity contribution in [3.05, 3.63) is 56.9 Å². The third-order valence-electron chi connectivity index (χ3n) is 2.29. The number of halogens is 2. The minimum absolute atomic E-state index is 0.178. The van der Waals surface area contributed by atoms with Crippen LogP contribution in [-0.4, -0.2) is 12.3 Å². The molecule has 1 aromatic heterocycles. The van der Waals surface area contributed by atoms with E-state index in [2.05, 4.69) is 31.9 Å². The Balaban J connectivity index is 2.17. The number of benzene rings is 1. The van der Waals surface area contributed by atoms with Gasteiger partial charge in [-0.05, 0) is 46.3 Å². The van der Waals surface area contributed by atoms with Gasteiger partial charge in [-0.1, -0.05) is 15.9 Å². The molecule has 0 fully saturated rings. The highest BCUT2D eigenvalue weighted by atomic mass is 79.9. The van der Waals surface area contributed by atoms with E-state index >= 15 is 0 Å². The molecule has 2 aromatic rings. The van der Waals surface area contributed by atoms with Crippen molar-refractivity contribution in [2.45, 2.75) is 0 Å². The Labute approximate surface area is 131 Å². The summed E-state index contributed by atoms with van der Waals surface area (Å²) in [5, 5.41) is 0. The fourth-order valence-electron chi connectivity index (χ4n) is 1.45. The third kappa shape index (κ3) is 3.68. The van der Waals surface area contributed by atoms with Crippen LogP contribution in [0.15, 0.2) is 50.0 Å². The zero-order chi connectivity index (χ0) is 14.5. The van der Waals surface area contributed by atoms with Crippen LogP contribution in [0.3, 0.4) is 0 Å².